The molecule has 0 radical (unpaired) electrons. The van der Waals surface area contributed by atoms with Gasteiger partial charge < -0.3 is 15.0 Å². The number of aryl methyl sites for hydroxylation is 1. The molecule has 0 fully saturated rings. The van der Waals surface area contributed by atoms with E-state index in [1.807, 2.05) is 27.7 Å². The van der Waals surface area contributed by atoms with Gasteiger partial charge in [0.1, 0.15) is 24.2 Å². The third-order valence-corrected chi connectivity index (χ3v) is 8.25. The Hall–Kier alpha value is -3.92. The van der Waals surface area contributed by atoms with Crippen LogP contribution in [-0.4, -0.2) is 49.9 Å². The number of para-hydroxylation sites is 2. The van der Waals surface area contributed by atoms with Crippen molar-refractivity contribution >= 4 is 27.5 Å². The molecule has 0 aliphatic carbocycles. The molecule has 3 aromatic carbocycles. The Bertz CT molecular complexity index is 1470. The standard InChI is InChI=1S/C32H40FN3O5S/c1-7-27(31(38)34-32(4,5)6)35(21-24-15-17-25(33)18-16-24)30(37)22-36(28-11-9-10-12-29(28)41-8-2)42(39,40)26-19-13-23(3)14-20-26/h9-20,27H,7-8,21-22H2,1-6H3,(H,34,38). The molecule has 1 N–H and O–H groups in total. The minimum Gasteiger partial charge on any atom is -0.492 e. The summed E-state index contributed by atoms with van der Waals surface area (Å²) in [6, 6.07) is 17.7. The molecule has 0 spiro atoms. The monoisotopic (exact) mass is 597 g/mol. The first-order valence-electron chi connectivity index (χ1n) is 13.9. The summed E-state index contributed by atoms with van der Waals surface area (Å²) in [6.45, 7) is 10.6. The summed E-state index contributed by atoms with van der Waals surface area (Å²) in [7, 11) is -4.24. The molecule has 1 unspecified atom stereocenters. The highest BCUT2D eigenvalue weighted by Crippen LogP contribution is 2.33. The van der Waals surface area contributed by atoms with Gasteiger partial charge in [0.25, 0.3) is 10.0 Å². The average molecular weight is 598 g/mol. The zero-order valence-corrected chi connectivity index (χ0v) is 25.9. The highest BCUT2D eigenvalue weighted by atomic mass is 32.2. The summed E-state index contributed by atoms with van der Waals surface area (Å²) in [6.07, 6.45) is 0.273. The first-order chi connectivity index (χ1) is 19.8. The van der Waals surface area contributed by atoms with Crippen LogP contribution in [0, 0.1) is 12.7 Å². The van der Waals surface area contributed by atoms with Gasteiger partial charge >= 0.3 is 0 Å². The van der Waals surface area contributed by atoms with Gasteiger partial charge in [-0.15, -0.1) is 0 Å². The Morgan fingerprint density at radius 2 is 1.57 bits per heavy atom. The molecule has 0 heterocycles. The van der Waals surface area contributed by atoms with Gasteiger partial charge in [-0.1, -0.05) is 48.9 Å². The molecule has 0 bridgehead atoms. The molecule has 8 nitrogen and oxygen atoms in total. The average Bonchev–Trinajstić information content (AvgIpc) is 2.92. The van der Waals surface area contributed by atoms with Crippen molar-refractivity contribution in [2.75, 3.05) is 17.5 Å². The number of benzene rings is 3. The number of nitrogens with one attached hydrogen (secondary N) is 1. The van der Waals surface area contributed by atoms with E-state index in [0.29, 0.717) is 11.3 Å². The molecule has 226 valence electrons. The van der Waals surface area contributed by atoms with Gasteiger partial charge in [-0.25, -0.2) is 12.8 Å². The Morgan fingerprint density at radius 3 is 2.14 bits per heavy atom. The maximum atomic E-state index is 14.2. The summed E-state index contributed by atoms with van der Waals surface area (Å²) < 4.78 is 48.6. The maximum Gasteiger partial charge on any atom is 0.264 e. The van der Waals surface area contributed by atoms with E-state index in [1.165, 1.54) is 41.3 Å². The van der Waals surface area contributed by atoms with Crippen LogP contribution in [0.5, 0.6) is 5.75 Å². The molecule has 0 aliphatic heterocycles. The molecule has 1 atom stereocenters. The van der Waals surface area contributed by atoms with Crippen LogP contribution in [0.15, 0.2) is 77.7 Å². The first kappa shape index (κ1) is 32.6. The Balaban J connectivity index is 2.12. The number of rotatable bonds is 12. The molecular formula is C32H40FN3O5S. The molecule has 2 amide bonds. The lowest BCUT2D eigenvalue weighted by Gasteiger charge is -2.35. The van der Waals surface area contributed by atoms with Crippen LogP contribution in [0.4, 0.5) is 10.1 Å². The Labute approximate surface area is 248 Å². The minimum absolute atomic E-state index is 0.00908. The van der Waals surface area contributed by atoms with E-state index in [0.717, 1.165) is 9.87 Å². The molecule has 0 saturated carbocycles. The van der Waals surface area contributed by atoms with Gasteiger partial charge in [0.05, 0.1) is 17.2 Å². The van der Waals surface area contributed by atoms with E-state index < -0.39 is 39.9 Å². The second-order valence-electron chi connectivity index (χ2n) is 11.0. The summed E-state index contributed by atoms with van der Waals surface area (Å²) in [5.41, 5.74) is 1.11. The topological polar surface area (TPSA) is 96.0 Å². The van der Waals surface area contributed by atoms with Crippen LogP contribution in [0.25, 0.3) is 0 Å². The highest BCUT2D eigenvalue weighted by molar-refractivity contribution is 7.92. The van der Waals surface area contributed by atoms with Gasteiger partial charge in [-0.2, -0.15) is 0 Å². The van der Waals surface area contributed by atoms with Crippen molar-refractivity contribution in [2.24, 2.45) is 0 Å². The van der Waals surface area contributed by atoms with E-state index in [2.05, 4.69) is 5.32 Å². The van der Waals surface area contributed by atoms with E-state index >= 15 is 0 Å². The number of amides is 2. The number of halogens is 1. The van der Waals surface area contributed by atoms with Gasteiger partial charge in [0.2, 0.25) is 11.8 Å². The predicted molar refractivity (Wildman–Crippen MR) is 162 cm³/mol. The molecular weight excluding hydrogens is 557 g/mol. The first-order valence-corrected chi connectivity index (χ1v) is 15.4. The summed E-state index contributed by atoms with van der Waals surface area (Å²) in [4.78, 5) is 29.0. The fourth-order valence-electron chi connectivity index (χ4n) is 4.45. The minimum atomic E-state index is -4.24. The third-order valence-electron chi connectivity index (χ3n) is 6.47. The van der Waals surface area contributed by atoms with Crippen molar-refractivity contribution in [1.82, 2.24) is 10.2 Å². The lowest BCUT2D eigenvalue weighted by molar-refractivity contribution is -0.141. The largest absolute Gasteiger partial charge is 0.492 e. The molecule has 0 aliphatic rings. The fraction of sp³-hybridized carbons (Fsp3) is 0.375. The predicted octanol–water partition coefficient (Wildman–Crippen LogP) is 5.45. The lowest BCUT2D eigenvalue weighted by Crippen LogP contribution is -2.55. The smallest absolute Gasteiger partial charge is 0.264 e. The van der Waals surface area contributed by atoms with Crippen LogP contribution in [0.3, 0.4) is 0 Å². The van der Waals surface area contributed by atoms with E-state index in [-0.39, 0.29) is 36.1 Å². The molecule has 10 heteroatoms. The van der Waals surface area contributed by atoms with Crippen LogP contribution in [-0.2, 0) is 26.2 Å². The summed E-state index contributed by atoms with van der Waals surface area (Å²) in [5, 5.41) is 2.93. The molecule has 0 aromatic heterocycles. The zero-order valence-electron chi connectivity index (χ0n) is 25.1. The molecule has 0 saturated heterocycles. The maximum absolute atomic E-state index is 14.2. The number of sulfonamides is 1. The number of anilines is 1. The van der Waals surface area contributed by atoms with Crippen molar-refractivity contribution in [3.8, 4) is 5.75 Å². The van der Waals surface area contributed by atoms with Crippen molar-refractivity contribution in [3.63, 3.8) is 0 Å². The van der Waals surface area contributed by atoms with Gasteiger partial charge in [-0.3, -0.25) is 13.9 Å². The number of nitrogens with zero attached hydrogens (tertiary/aromatic N) is 2. The zero-order chi connectivity index (χ0) is 31.1. The Morgan fingerprint density at radius 1 is 0.952 bits per heavy atom. The van der Waals surface area contributed by atoms with Crippen LogP contribution < -0.4 is 14.4 Å². The normalized spacial score (nSPS) is 12.4. The molecule has 3 aromatic rings. The van der Waals surface area contributed by atoms with Crippen molar-refractivity contribution in [3.05, 3.63) is 89.7 Å². The van der Waals surface area contributed by atoms with E-state index in [9.17, 15) is 22.4 Å². The van der Waals surface area contributed by atoms with E-state index in [1.54, 1.807) is 50.2 Å². The van der Waals surface area contributed by atoms with Gasteiger partial charge in [0.15, 0.2) is 0 Å². The fourth-order valence-corrected chi connectivity index (χ4v) is 5.88. The Kier molecular flexibility index (Phi) is 10.7. The van der Waals surface area contributed by atoms with Crippen molar-refractivity contribution in [1.29, 1.82) is 0 Å². The summed E-state index contributed by atoms with van der Waals surface area (Å²) >= 11 is 0. The van der Waals surface area contributed by atoms with Crippen LogP contribution in [0.1, 0.15) is 52.2 Å². The highest BCUT2D eigenvalue weighted by Gasteiger charge is 2.35. The quantitative estimate of drug-likeness (QED) is 0.300. The van der Waals surface area contributed by atoms with E-state index in [4.69, 9.17) is 4.74 Å². The number of ether oxygens (including phenoxy) is 1. The van der Waals surface area contributed by atoms with Crippen LogP contribution >= 0.6 is 0 Å². The summed E-state index contributed by atoms with van der Waals surface area (Å²) in [5.74, 6) is -1.11. The van der Waals surface area contributed by atoms with Gasteiger partial charge in [0, 0.05) is 12.1 Å². The molecule has 42 heavy (non-hydrogen) atoms. The SMILES string of the molecule is CCOc1ccccc1N(CC(=O)N(Cc1ccc(F)cc1)C(CC)C(=O)NC(C)(C)C)S(=O)(=O)c1ccc(C)cc1. The van der Waals surface area contributed by atoms with Crippen molar-refractivity contribution in [2.45, 2.75) is 71.0 Å². The number of hydrogen-bond donors (Lipinski definition) is 1. The number of carbonyl (C=O) groups is 2. The van der Waals surface area contributed by atoms with Crippen molar-refractivity contribution < 1.29 is 27.1 Å². The lowest BCUT2D eigenvalue weighted by atomic mass is 10.1. The third kappa shape index (κ3) is 8.31. The van der Waals surface area contributed by atoms with Gasteiger partial charge in [-0.05, 0) is 83.0 Å². The number of carbonyl (C=O) groups excluding carboxylic acids is 2. The number of hydrogen-bond acceptors (Lipinski definition) is 5. The second-order valence-corrected chi connectivity index (χ2v) is 12.9. The molecule has 3 rings (SSSR count). The van der Waals surface area contributed by atoms with Crippen LogP contribution in [0.2, 0.25) is 0 Å². The second kappa shape index (κ2) is 13.8.